The number of hydrogen-bond acceptors (Lipinski definition) is 6. The van der Waals surface area contributed by atoms with Crippen molar-refractivity contribution >= 4 is 22.4 Å². The number of fused-ring (bicyclic) bond motifs is 1. The highest BCUT2D eigenvalue weighted by Gasteiger charge is 2.13. The van der Waals surface area contributed by atoms with E-state index in [-0.39, 0.29) is 5.56 Å². The molecule has 0 aliphatic heterocycles. The molecule has 0 spiro atoms. The Labute approximate surface area is 150 Å². The second-order valence-corrected chi connectivity index (χ2v) is 6.60. The molecular weight excluding hydrogens is 350 g/mol. The fraction of sp³-hybridized carbons (Fsp3) is 0. The van der Waals surface area contributed by atoms with Gasteiger partial charge in [-0.2, -0.15) is 9.50 Å². The molecule has 5 aromatic rings. The van der Waals surface area contributed by atoms with Gasteiger partial charge in [-0.15, -0.1) is 5.10 Å². The molecule has 26 heavy (non-hydrogen) atoms. The van der Waals surface area contributed by atoms with E-state index in [1.54, 1.807) is 24.5 Å². The average Bonchev–Trinajstić information content (AvgIpc) is 3.43. The lowest BCUT2D eigenvalue weighted by atomic mass is 10.2. The fourth-order valence-electron chi connectivity index (χ4n) is 2.66. The van der Waals surface area contributed by atoms with E-state index < -0.39 is 0 Å². The summed E-state index contributed by atoms with van der Waals surface area (Å²) in [6.45, 7) is 0. The number of rotatable bonds is 3. The van der Waals surface area contributed by atoms with E-state index in [0.717, 1.165) is 11.3 Å². The largest absolute Gasteiger partial charge is 0.461 e. The molecule has 4 aromatic heterocycles. The highest BCUT2D eigenvalue weighted by Crippen LogP contribution is 2.22. The minimum absolute atomic E-state index is 0.229. The van der Waals surface area contributed by atoms with Gasteiger partial charge in [0.25, 0.3) is 5.56 Å². The van der Waals surface area contributed by atoms with Crippen LogP contribution in [-0.4, -0.2) is 14.6 Å². The maximum Gasteiger partial charge on any atom is 0.291 e. The summed E-state index contributed by atoms with van der Waals surface area (Å²) in [5, 5.41) is 4.23. The fourth-order valence-corrected chi connectivity index (χ4v) is 3.55. The molecule has 0 saturated carbocycles. The summed E-state index contributed by atoms with van der Waals surface area (Å²) in [6.07, 6.45) is 3.26. The Bertz CT molecular complexity index is 1300. The van der Waals surface area contributed by atoms with Crippen molar-refractivity contribution in [3.8, 4) is 22.9 Å². The Hall–Kier alpha value is -3.45. The smallest absolute Gasteiger partial charge is 0.291 e. The number of aromatic nitrogens is 3. The minimum Gasteiger partial charge on any atom is -0.461 e. The molecule has 0 aliphatic carbocycles. The van der Waals surface area contributed by atoms with Gasteiger partial charge in [0.1, 0.15) is 16.1 Å². The lowest BCUT2D eigenvalue weighted by molar-refractivity contribution is 0.571. The molecule has 0 aliphatic rings. The van der Waals surface area contributed by atoms with Crippen molar-refractivity contribution in [1.82, 2.24) is 14.6 Å². The summed E-state index contributed by atoms with van der Waals surface area (Å²) in [5.74, 6) is 2.29. The van der Waals surface area contributed by atoms with Crippen molar-refractivity contribution in [3.05, 3.63) is 81.5 Å². The van der Waals surface area contributed by atoms with Gasteiger partial charge in [0.15, 0.2) is 5.76 Å². The van der Waals surface area contributed by atoms with Crippen LogP contribution < -0.4 is 10.1 Å². The van der Waals surface area contributed by atoms with Gasteiger partial charge in [-0.25, -0.2) is 0 Å². The molecule has 0 fully saturated rings. The summed E-state index contributed by atoms with van der Waals surface area (Å²) in [5.41, 5.74) is 0.758. The molecule has 1 aromatic carbocycles. The van der Waals surface area contributed by atoms with E-state index in [4.69, 9.17) is 8.83 Å². The SMILES string of the molecule is O=c1/c(=C\c2ccc(-c3ccccc3)o2)sc2nc(-c3ccco3)nn12. The lowest BCUT2D eigenvalue weighted by Crippen LogP contribution is -2.23. The summed E-state index contributed by atoms with van der Waals surface area (Å²) in [6, 6.07) is 17.0. The number of thiazole rings is 1. The molecule has 7 heteroatoms. The van der Waals surface area contributed by atoms with Crippen LogP contribution in [0.3, 0.4) is 0 Å². The third kappa shape index (κ3) is 2.46. The van der Waals surface area contributed by atoms with Crippen molar-refractivity contribution in [2.24, 2.45) is 0 Å². The molecule has 0 N–H and O–H groups in total. The van der Waals surface area contributed by atoms with E-state index >= 15 is 0 Å². The molecule has 0 radical (unpaired) electrons. The Morgan fingerprint density at radius 3 is 2.65 bits per heavy atom. The molecule has 5 rings (SSSR count). The molecular formula is C19H11N3O3S. The molecule has 4 heterocycles. The van der Waals surface area contributed by atoms with Gasteiger partial charge >= 0.3 is 0 Å². The number of hydrogen-bond donors (Lipinski definition) is 0. The zero-order valence-electron chi connectivity index (χ0n) is 13.3. The first-order valence-electron chi connectivity index (χ1n) is 7.88. The predicted octanol–water partition coefficient (Wildman–Crippen LogP) is 3.22. The molecule has 0 unspecified atom stereocenters. The van der Waals surface area contributed by atoms with Crippen LogP contribution in [0, 0.1) is 0 Å². The first-order valence-corrected chi connectivity index (χ1v) is 8.70. The Morgan fingerprint density at radius 2 is 1.88 bits per heavy atom. The highest BCUT2D eigenvalue weighted by molar-refractivity contribution is 7.15. The molecule has 0 atom stereocenters. The number of furan rings is 2. The quantitative estimate of drug-likeness (QED) is 0.493. The molecule has 0 saturated heterocycles. The Balaban J connectivity index is 1.55. The maximum atomic E-state index is 12.6. The van der Waals surface area contributed by atoms with Crippen LogP contribution in [0.4, 0.5) is 0 Å². The zero-order valence-corrected chi connectivity index (χ0v) is 14.1. The zero-order chi connectivity index (χ0) is 17.5. The van der Waals surface area contributed by atoms with Crippen LogP contribution in [0.25, 0.3) is 33.9 Å². The Kier molecular flexibility index (Phi) is 3.32. The van der Waals surface area contributed by atoms with Crippen LogP contribution in [0.2, 0.25) is 0 Å². The lowest BCUT2D eigenvalue weighted by Gasteiger charge is -1.94. The van der Waals surface area contributed by atoms with Gasteiger partial charge < -0.3 is 8.83 Å². The first-order chi connectivity index (χ1) is 12.8. The molecule has 0 bridgehead atoms. The van der Waals surface area contributed by atoms with Gasteiger partial charge in [-0.3, -0.25) is 4.79 Å². The third-order valence-electron chi connectivity index (χ3n) is 3.88. The van der Waals surface area contributed by atoms with Gasteiger partial charge in [0.05, 0.1) is 6.26 Å². The Morgan fingerprint density at radius 1 is 1.00 bits per heavy atom. The summed E-state index contributed by atoms with van der Waals surface area (Å²) >= 11 is 1.26. The van der Waals surface area contributed by atoms with Crippen molar-refractivity contribution in [2.75, 3.05) is 0 Å². The van der Waals surface area contributed by atoms with Gasteiger partial charge in [0, 0.05) is 11.6 Å². The van der Waals surface area contributed by atoms with E-state index in [9.17, 15) is 4.79 Å². The van der Waals surface area contributed by atoms with E-state index in [1.165, 1.54) is 15.9 Å². The molecule has 0 amide bonds. The monoisotopic (exact) mass is 361 g/mol. The second kappa shape index (κ2) is 5.82. The minimum atomic E-state index is -0.229. The first kappa shape index (κ1) is 14.9. The third-order valence-corrected chi connectivity index (χ3v) is 4.84. The van der Waals surface area contributed by atoms with E-state index in [0.29, 0.717) is 26.8 Å². The van der Waals surface area contributed by atoms with Crippen LogP contribution in [0.1, 0.15) is 5.76 Å². The normalized spacial score (nSPS) is 12.2. The standard InChI is InChI=1S/C19H11N3O3S/c23-18-16(11-13-8-9-14(25-13)12-5-2-1-3-6-12)26-19-20-17(21-22(18)19)15-7-4-10-24-15/h1-11H/b16-11+. The number of benzene rings is 1. The topological polar surface area (TPSA) is 73.5 Å². The van der Waals surface area contributed by atoms with Crippen LogP contribution in [0.15, 0.2) is 74.5 Å². The van der Waals surface area contributed by atoms with E-state index in [1.807, 2.05) is 42.5 Å². The summed E-state index contributed by atoms with van der Waals surface area (Å²) < 4.78 is 12.9. The predicted molar refractivity (Wildman–Crippen MR) is 97.8 cm³/mol. The van der Waals surface area contributed by atoms with Gasteiger partial charge in [-0.05, 0) is 24.3 Å². The van der Waals surface area contributed by atoms with Crippen molar-refractivity contribution in [3.63, 3.8) is 0 Å². The average molecular weight is 361 g/mol. The van der Waals surface area contributed by atoms with Crippen molar-refractivity contribution < 1.29 is 8.83 Å². The maximum absolute atomic E-state index is 12.6. The molecule has 126 valence electrons. The summed E-state index contributed by atoms with van der Waals surface area (Å²) in [7, 11) is 0. The van der Waals surface area contributed by atoms with Crippen LogP contribution >= 0.6 is 11.3 Å². The highest BCUT2D eigenvalue weighted by atomic mass is 32.1. The van der Waals surface area contributed by atoms with E-state index in [2.05, 4.69) is 10.1 Å². The van der Waals surface area contributed by atoms with Crippen LogP contribution in [-0.2, 0) is 0 Å². The van der Waals surface area contributed by atoms with Crippen molar-refractivity contribution in [2.45, 2.75) is 0 Å². The number of nitrogens with zero attached hydrogens (tertiary/aromatic N) is 3. The molecule has 6 nitrogen and oxygen atoms in total. The second-order valence-electron chi connectivity index (χ2n) is 5.59. The summed E-state index contributed by atoms with van der Waals surface area (Å²) in [4.78, 5) is 17.4. The van der Waals surface area contributed by atoms with Crippen LogP contribution in [0.5, 0.6) is 0 Å². The van der Waals surface area contributed by atoms with Gasteiger partial charge in [0.2, 0.25) is 10.8 Å². The van der Waals surface area contributed by atoms with Crippen molar-refractivity contribution in [1.29, 1.82) is 0 Å². The van der Waals surface area contributed by atoms with Gasteiger partial charge in [-0.1, -0.05) is 41.7 Å².